The average molecular weight is 254 g/mol. The number of thiazole rings is 1. The summed E-state index contributed by atoms with van der Waals surface area (Å²) in [6.07, 6.45) is 0.851. The zero-order chi connectivity index (χ0) is 12.5. The molecule has 0 atom stereocenters. The lowest BCUT2D eigenvalue weighted by molar-refractivity contribution is 1.16. The van der Waals surface area contributed by atoms with Crippen molar-refractivity contribution in [3.05, 3.63) is 58.6 Å². The van der Waals surface area contributed by atoms with Crippen LogP contribution >= 0.6 is 11.3 Å². The summed E-state index contributed by atoms with van der Waals surface area (Å²) in [5, 5.41) is 1.14. The predicted molar refractivity (Wildman–Crippen MR) is 78.0 cm³/mol. The highest BCUT2D eigenvalue weighted by Gasteiger charge is 2.05. The molecular formula is C15H14N2S. The molecule has 0 aliphatic heterocycles. The number of aromatic nitrogens is 1. The standard InChI is InChI=1S/C15H14N2S/c1-10-5-6-13-14(7-10)18-15(17-13)9-11-3-2-4-12(16)8-11/h2-8H,9,16H2,1H3. The second kappa shape index (κ2) is 4.42. The molecule has 1 aromatic heterocycles. The third-order valence-corrected chi connectivity index (χ3v) is 3.91. The Kier molecular flexibility index (Phi) is 2.76. The quantitative estimate of drug-likeness (QED) is 0.707. The molecule has 3 rings (SSSR count). The van der Waals surface area contributed by atoms with Crippen molar-refractivity contribution >= 4 is 27.2 Å². The van der Waals surface area contributed by atoms with Gasteiger partial charge in [0.2, 0.25) is 0 Å². The largest absolute Gasteiger partial charge is 0.399 e. The third kappa shape index (κ3) is 2.22. The number of nitrogens with two attached hydrogens (primary N) is 1. The highest BCUT2D eigenvalue weighted by atomic mass is 32.1. The van der Waals surface area contributed by atoms with Gasteiger partial charge >= 0.3 is 0 Å². The summed E-state index contributed by atoms with van der Waals surface area (Å²) in [7, 11) is 0. The Bertz CT molecular complexity index is 701. The Morgan fingerprint density at radius 3 is 2.89 bits per heavy atom. The van der Waals surface area contributed by atoms with Gasteiger partial charge < -0.3 is 5.73 Å². The van der Waals surface area contributed by atoms with E-state index in [2.05, 4.69) is 36.2 Å². The van der Waals surface area contributed by atoms with Gasteiger partial charge in [-0.15, -0.1) is 11.3 Å². The molecule has 1 heterocycles. The van der Waals surface area contributed by atoms with Crippen molar-refractivity contribution in [1.29, 1.82) is 0 Å². The summed E-state index contributed by atoms with van der Waals surface area (Å²) in [5.41, 5.74) is 10.2. The number of hydrogen-bond donors (Lipinski definition) is 1. The van der Waals surface area contributed by atoms with E-state index in [4.69, 9.17) is 5.73 Å². The summed E-state index contributed by atoms with van der Waals surface area (Å²) in [4.78, 5) is 4.66. The van der Waals surface area contributed by atoms with Crippen LogP contribution in [0.1, 0.15) is 16.1 Å². The van der Waals surface area contributed by atoms with Gasteiger partial charge in [-0.1, -0.05) is 18.2 Å². The third-order valence-electron chi connectivity index (χ3n) is 2.89. The Hall–Kier alpha value is -1.87. The molecule has 3 heteroatoms. The van der Waals surface area contributed by atoms with E-state index in [0.29, 0.717) is 0 Å². The summed E-state index contributed by atoms with van der Waals surface area (Å²) < 4.78 is 1.26. The highest BCUT2D eigenvalue weighted by Crippen LogP contribution is 2.25. The molecule has 2 nitrogen and oxygen atoms in total. The van der Waals surface area contributed by atoms with Crippen molar-refractivity contribution in [2.45, 2.75) is 13.3 Å². The zero-order valence-electron chi connectivity index (χ0n) is 10.2. The van der Waals surface area contributed by atoms with Crippen molar-refractivity contribution < 1.29 is 0 Å². The van der Waals surface area contributed by atoms with E-state index in [1.54, 1.807) is 11.3 Å². The van der Waals surface area contributed by atoms with E-state index < -0.39 is 0 Å². The predicted octanol–water partition coefficient (Wildman–Crippen LogP) is 3.78. The van der Waals surface area contributed by atoms with Crippen molar-refractivity contribution in [3.8, 4) is 0 Å². The number of aryl methyl sites for hydroxylation is 1. The number of nitrogens with zero attached hydrogens (tertiary/aromatic N) is 1. The molecule has 0 bridgehead atoms. The van der Waals surface area contributed by atoms with Crippen LogP contribution in [-0.4, -0.2) is 4.98 Å². The molecule has 0 unspecified atom stereocenters. The maximum atomic E-state index is 5.79. The minimum atomic E-state index is 0.810. The Labute approximate surface area is 110 Å². The molecule has 2 aromatic carbocycles. The summed E-state index contributed by atoms with van der Waals surface area (Å²) in [6, 6.07) is 14.4. The van der Waals surface area contributed by atoms with E-state index in [0.717, 1.165) is 22.6 Å². The molecule has 0 amide bonds. The second-order valence-corrected chi connectivity index (χ2v) is 5.62. The Morgan fingerprint density at radius 1 is 1.17 bits per heavy atom. The smallest absolute Gasteiger partial charge is 0.0982 e. The van der Waals surface area contributed by atoms with Gasteiger partial charge in [-0.05, 0) is 42.3 Å². The molecule has 0 spiro atoms. The van der Waals surface area contributed by atoms with Crippen LogP contribution in [0, 0.1) is 6.92 Å². The van der Waals surface area contributed by atoms with Gasteiger partial charge in [0.15, 0.2) is 0 Å². The maximum Gasteiger partial charge on any atom is 0.0982 e. The van der Waals surface area contributed by atoms with Crippen LogP contribution < -0.4 is 5.73 Å². The number of rotatable bonds is 2. The molecule has 0 aliphatic carbocycles. The SMILES string of the molecule is Cc1ccc2nc(Cc3cccc(N)c3)sc2c1. The molecule has 0 aliphatic rings. The first-order valence-corrected chi connectivity index (χ1v) is 6.73. The summed E-state index contributed by atoms with van der Waals surface area (Å²) >= 11 is 1.76. The van der Waals surface area contributed by atoms with Gasteiger partial charge in [0, 0.05) is 12.1 Å². The number of benzene rings is 2. The average Bonchev–Trinajstić information content (AvgIpc) is 2.70. The van der Waals surface area contributed by atoms with Gasteiger partial charge in [0.05, 0.1) is 15.2 Å². The number of hydrogen-bond acceptors (Lipinski definition) is 3. The van der Waals surface area contributed by atoms with Crippen LogP contribution in [0.15, 0.2) is 42.5 Å². The van der Waals surface area contributed by atoms with Crippen LogP contribution in [0.5, 0.6) is 0 Å². The lowest BCUT2D eigenvalue weighted by Crippen LogP contribution is -1.90. The van der Waals surface area contributed by atoms with Crippen LogP contribution in [-0.2, 0) is 6.42 Å². The number of anilines is 1. The number of nitrogen functional groups attached to an aromatic ring is 1. The molecule has 18 heavy (non-hydrogen) atoms. The van der Waals surface area contributed by atoms with Gasteiger partial charge in [-0.25, -0.2) is 4.98 Å². The van der Waals surface area contributed by atoms with E-state index in [9.17, 15) is 0 Å². The normalized spacial score (nSPS) is 10.9. The molecule has 0 fully saturated rings. The van der Waals surface area contributed by atoms with Gasteiger partial charge in [0.1, 0.15) is 0 Å². The molecule has 0 radical (unpaired) electrons. The molecule has 90 valence electrons. The fourth-order valence-electron chi connectivity index (χ4n) is 2.03. The van der Waals surface area contributed by atoms with E-state index in [1.807, 2.05) is 18.2 Å². The Morgan fingerprint density at radius 2 is 2.06 bits per heavy atom. The monoisotopic (exact) mass is 254 g/mol. The minimum absolute atomic E-state index is 0.810. The molecule has 0 saturated carbocycles. The lowest BCUT2D eigenvalue weighted by Gasteiger charge is -1.98. The van der Waals surface area contributed by atoms with Crippen molar-refractivity contribution in [2.75, 3.05) is 5.73 Å². The van der Waals surface area contributed by atoms with Crippen molar-refractivity contribution in [2.24, 2.45) is 0 Å². The zero-order valence-corrected chi connectivity index (χ0v) is 11.0. The highest BCUT2D eigenvalue weighted by molar-refractivity contribution is 7.18. The van der Waals surface area contributed by atoms with Crippen LogP contribution in [0.4, 0.5) is 5.69 Å². The first-order chi connectivity index (χ1) is 8.70. The van der Waals surface area contributed by atoms with Gasteiger partial charge in [0.25, 0.3) is 0 Å². The summed E-state index contributed by atoms with van der Waals surface area (Å²) in [5.74, 6) is 0. The molecule has 3 aromatic rings. The van der Waals surface area contributed by atoms with Crippen LogP contribution in [0.3, 0.4) is 0 Å². The molecule has 0 saturated heterocycles. The van der Waals surface area contributed by atoms with E-state index in [-0.39, 0.29) is 0 Å². The van der Waals surface area contributed by atoms with Gasteiger partial charge in [-0.2, -0.15) is 0 Å². The topological polar surface area (TPSA) is 38.9 Å². The first kappa shape index (κ1) is 11.2. The second-order valence-electron chi connectivity index (χ2n) is 4.50. The Balaban J connectivity index is 1.95. The van der Waals surface area contributed by atoms with Crippen molar-refractivity contribution in [1.82, 2.24) is 4.98 Å². The van der Waals surface area contributed by atoms with Gasteiger partial charge in [-0.3, -0.25) is 0 Å². The lowest BCUT2D eigenvalue weighted by atomic mass is 10.1. The minimum Gasteiger partial charge on any atom is -0.399 e. The van der Waals surface area contributed by atoms with Crippen LogP contribution in [0.2, 0.25) is 0 Å². The molecular weight excluding hydrogens is 240 g/mol. The molecule has 2 N–H and O–H groups in total. The van der Waals surface area contributed by atoms with E-state index in [1.165, 1.54) is 15.8 Å². The fourth-order valence-corrected chi connectivity index (χ4v) is 3.13. The van der Waals surface area contributed by atoms with E-state index >= 15 is 0 Å². The number of fused-ring (bicyclic) bond motifs is 1. The van der Waals surface area contributed by atoms with Crippen LogP contribution in [0.25, 0.3) is 10.2 Å². The fraction of sp³-hybridized carbons (Fsp3) is 0.133. The maximum absolute atomic E-state index is 5.79. The van der Waals surface area contributed by atoms with Crippen molar-refractivity contribution in [3.63, 3.8) is 0 Å². The first-order valence-electron chi connectivity index (χ1n) is 5.91. The summed E-state index contributed by atoms with van der Waals surface area (Å²) in [6.45, 7) is 2.11.